The fourth-order valence-electron chi connectivity index (χ4n) is 2.84. The zero-order valence-corrected chi connectivity index (χ0v) is 17.3. The molecule has 0 atom stereocenters. The van der Waals surface area contributed by atoms with Crippen LogP contribution < -0.4 is 4.90 Å². The second-order valence-corrected chi connectivity index (χ2v) is 8.09. The summed E-state index contributed by atoms with van der Waals surface area (Å²) in [6, 6.07) is 7.85. The lowest BCUT2D eigenvalue weighted by Crippen LogP contribution is -2.23. The van der Waals surface area contributed by atoms with Gasteiger partial charge in [0.1, 0.15) is 0 Å². The smallest absolute Gasteiger partial charge is 0.253 e. The number of benzene rings is 1. The number of hydrogen-bond acceptors (Lipinski definition) is 7. The number of thioether (sulfide) groups is 1. The Kier molecular flexibility index (Phi) is 5.10. The summed E-state index contributed by atoms with van der Waals surface area (Å²) < 4.78 is 1.65. The summed E-state index contributed by atoms with van der Waals surface area (Å²) >= 11 is 2.95. The molecule has 0 fully saturated rings. The van der Waals surface area contributed by atoms with Crippen LogP contribution >= 0.6 is 23.1 Å². The van der Waals surface area contributed by atoms with E-state index in [1.165, 1.54) is 23.1 Å². The Hall–Kier alpha value is -2.78. The minimum absolute atomic E-state index is 0.0615. The average molecular weight is 411 g/mol. The van der Waals surface area contributed by atoms with Crippen molar-refractivity contribution in [2.45, 2.75) is 31.7 Å². The summed E-state index contributed by atoms with van der Waals surface area (Å²) in [5.74, 6) is 1.13. The Morgan fingerprint density at radius 3 is 2.89 bits per heavy atom. The van der Waals surface area contributed by atoms with Crippen LogP contribution in [0.15, 0.2) is 47.2 Å². The average Bonchev–Trinajstić information content (AvgIpc) is 3.28. The zero-order chi connectivity index (χ0) is 19.7. The molecular formula is C19H18N6OS2. The van der Waals surface area contributed by atoms with Gasteiger partial charge in [-0.15, -0.1) is 16.4 Å². The van der Waals surface area contributed by atoms with Crippen LogP contribution in [0.5, 0.6) is 0 Å². The summed E-state index contributed by atoms with van der Waals surface area (Å²) in [4.78, 5) is 27.2. The van der Waals surface area contributed by atoms with E-state index in [0.29, 0.717) is 21.8 Å². The monoisotopic (exact) mass is 410 g/mol. The maximum Gasteiger partial charge on any atom is 0.253 e. The first-order valence-electron chi connectivity index (χ1n) is 8.64. The van der Waals surface area contributed by atoms with Crippen LogP contribution in [0, 0.1) is 13.8 Å². The predicted octanol–water partition coefficient (Wildman–Crippen LogP) is 4.17. The second-order valence-electron chi connectivity index (χ2n) is 6.31. The number of thiazole rings is 1. The van der Waals surface area contributed by atoms with E-state index in [9.17, 15) is 4.79 Å². The first kappa shape index (κ1) is 18.6. The van der Waals surface area contributed by atoms with Crippen LogP contribution in [0.3, 0.4) is 0 Å². The summed E-state index contributed by atoms with van der Waals surface area (Å²) in [7, 11) is 0. The number of carbonyl (C=O) groups is 1. The minimum atomic E-state index is -0.0615. The molecule has 0 saturated heterocycles. The van der Waals surface area contributed by atoms with E-state index in [1.54, 1.807) is 22.5 Å². The fraction of sp³-hybridized carbons (Fsp3) is 0.211. The van der Waals surface area contributed by atoms with E-state index in [1.807, 2.05) is 43.6 Å². The summed E-state index contributed by atoms with van der Waals surface area (Å²) in [6.45, 7) is 5.60. The summed E-state index contributed by atoms with van der Waals surface area (Å²) in [5, 5.41) is 7.66. The van der Waals surface area contributed by atoms with E-state index in [0.717, 1.165) is 22.5 Å². The molecule has 4 aromatic rings. The number of fused-ring (bicyclic) bond motifs is 1. The number of aryl methyl sites for hydroxylation is 2. The van der Waals surface area contributed by atoms with Crippen LogP contribution in [0.25, 0.3) is 5.78 Å². The van der Waals surface area contributed by atoms with Crippen LogP contribution in [0.1, 0.15) is 23.7 Å². The standard InChI is InChI=1S/C19H18N6OS2/c1-12-5-6-16(13(2)9-12)25(14(3)26)19-21-15(11-28-19)10-27-18-22-17-20-7-4-8-24(17)23-18/h4-9,11H,10H2,1-3H3. The highest BCUT2D eigenvalue weighted by Gasteiger charge is 2.20. The lowest BCUT2D eigenvalue weighted by atomic mass is 10.1. The van der Waals surface area contributed by atoms with Gasteiger partial charge in [-0.2, -0.15) is 4.98 Å². The summed E-state index contributed by atoms with van der Waals surface area (Å²) in [6.07, 6.45) is 3.50. The molecule has 0 unspecified atom stereocenters. The van der Waals surface area contributed by atoms with Crippen LogP contribution in [0.2, 0.25) is 0 Å². The summed E-state index contributed by atoms with van der Waals surface area (Å²) in [5.41, 5.74) is 3.95. The maximum atomic E-state index is 12.3. The predicted molar refractivity (Wildman–Crippen MR) is 111 cm³/mol. The molecule has 0 N–H and O–H groups in total. The Morgan fingerprint density at radius 2 is 2.14 bits per heavy atom. The van der Waals surface area contributed by atoms with Crippen LogP contribution in [-0.4, -0.2) is 30.5 Å². The Morgan fingerprint density at radius 1 is 1.29 bits per heavy atom. The second kappa shape index (κ2) is 7.69. The molecule has 0 bridgehead atoms. The Labute approximate surface area is 170 Å². The third-order valence-electron chi connectivity index (χ3n) is 4.09. The highest BCUT2D eigenvalue weighted by molar-refractivity contribution is 7.98. The van der Waals surface area contributed by atoms with Gasteiger partial charge in [0.15, 0.2) is 5.13 Å². The van der Waals surface area contributed by atoms with Gasteiger partial charge in [-0.25, -0.2) is 14.5 Å². The highest BCUT2D eigenvalue weighted by atomic mass is 32.2. The lowest BCUT2D eigenvalue weighted by molar-refractivity contribution is -0.115. The number of amides is 1. The van der Waals surface area contributed by atoms with Gasteiger partial charge in [0, 0.05) is 30.5 Å². The molecule has 3 aromatic heterocycles. The fourth-order valence-corrected chi connectivity index (χ4v) is 4.54. The van der Waals surface area contributed by atoms with Gasteiger partial charge in [-0.3, -0.25) is 9.69 Å². The molecule has 0 radical (unpaired) electrons. The van der Waals surface area contributed by atoms with Crippen molar-refractivity contribution in [1.29, 1.82) is 0 Å². The van der Waals surface area contributed by atoms with Crippen molar-refractivity contribution in [1.82, 2.24) is 24.6 Å². The highest BCUT2D eigenvalue weighted by Crippen LogP contribution is 2.33. The molecule has 0 aliphatic carbocycles. The van der Waals surface area contributed by atoms with Gasteiger partial charge in [0.25, 0.3) is 5.78 Å². The largest absolute Gasteiger partial charge is 0.274 e. The van der Waals surface area contributed by atoms with Gasteiger partial charge in [0.2, 0.25) is 11.1 Å². The Balaban J connectivity index is 1.54. The lowest BCUT2D eigenvalue weighted by Gasteiger charge is -2.20. The SMILES string of the molecule is CC(=O)N(c1nc(CSc2nc3ncccn3n2)cs1)c1ccc(C)cc1C. The molecule has 28 heavy (non-hydrogen) atoms. The van der Waals surface area contributed by atoms with Gasteiger partial charge in [-0.1, -0.05) is 29.5 Å². The first-order chi connectivity index (χ1) is 13.5. The van der Waals surface area contributed by atoms with E-state index in [4.69, 9.17) is 0 Å². The minimum Gasteiger partial charge on any atom is -0.274 e. The molecule has 9 heteroatoms. The molecule has 1 aromatic carbocycles. The third-order valence-corrected chi connectivity index (χ3v) is 5.83. The third kappa shape index (κ3) is 3.76. The van der Waals surface area contributed by atoms with Gasteiger partial charge >= 0.3 is 0 Å². The maximum absolute atomic E-state index is 12.3. The van der Waals surface area contributed by atoms with Crippen molar-refractivity contribution < 1.29 is 4.79 Å². The van der Waals surface area contributed by atoms with E-state index in [-0.39, 0.29) is 5.91 Å². The van der Waals surface area contributed by atoms with E-state index >= 15 is 0 Å². The topological polar surface area (TPSA) is 76.3 Å². The van der Waals surface area contributed by atoms with Crippen molar-refractivity contribution in [3.63, 3.8) is 0 Å². The van der Waals surface area contributed by atoms with Crippen LogP contribution in [0.4, 0.5) is 10.8 Å². The first-order valence-corrected chi connectivity index (χ1v) is 10.5. The number of rotatable bonds is 5. The number of nitrogens with zero attached hydrogens (tertiary/aromatic N) is 6. The quantitative estimate of drug-likeness (QED) is 0.460. The van der Waals surface area contributed by atoms with Gasteiger partial charge < -0.3 is 0 Å². The van der Waals surface area contributed by atoms with Crippen molar-refractivity contribution in [2.24, 2.45) is 0 Å². The van der Waals surface area contributed by atoms with Crippen molar-refractivity contribution in [3.05, 3.63) is 58.9 Å². The molecular weight excluding hydrogens is 392 g/mol. The number of carbonyl (C=O) groups excluding carboxylic acids is 1. The van der Waals surface area contributed by atoms with E-state index in [2.05, 4.69) is 26.1 Å². The van der Waals surface area contributed by atoms with Gasteiger partial charge in [0.05, 0.1) is 11.4 Å². The molecule has 3 heterocycles. The normalized spacial score (nSPS) is 11.1. The number of anilines is 2. The van der Waals surface area contributed by atoms with Gasteiger partial charge in [-0.05, 0) is 31.5 Å². The van der Waals surface area contributed by atoms with Crippen molar-refractivity contribution >= 4 is 45.6 Å². The number of hydrogen-bond donors (Lipinski definition) is 0. The zero-order valence-electron chi connectivity index (χ0n) is 15.7. The molecule has 0 aliphatic heterocycles. The Bertz CT molecular complexity index is 1120. The molecule has 0 aliphatic rings. The molecule has 7 nitrogen and oxygen atoms in total. The molecule has 4 rings (SSSR count). The molecule has 0 saturated carbocycles. The molecule has 1 amide bonds. The van der Waals surface area contributed by atoms with E-state index < -0.39 is 0 Å². The van der Waals surface area contributed by atoms with Crippen molar-refractivity contribution in [3.8, 4) is 0 Å². The van der Waals surface area contributed by atoms with Crippen molar-refractivity contribution in [2.75, 3.05) is 4.90 Å². The van der Waals surface area contributed by atoms with Crippen LogP contribution in [-0.2, 0) is 10.5 Å². The number of aromatic nitrogens is 5. The molecule has 142 valence electrons. The molecule has 0 spiro atoms.